The van der Waals surface area contributed by atoms with Gasteiger partial charge in [-0.25, -0.2) is 15.0 Å². The fourth-order valence-corrected chi connectivity index (χ4v) is 1.49. The Bertz CT molecular complexity index is 542. The van der Waals surface area contributed by atoms with Gasteiger partial charge in [0.1, 0.15) is 5.76 Å². The van der Waals surface area contributed by atoms with Crippen LogP contribution in [0.25, 0.3) is 9.69 Å². The lowest BCUT2D eigenvalue weighted by Gasteiger charge is -2.00. The van der Waals surface area contributed by atoms with Crippen molar-refractivity contribution in [1.29, 1.82) is 5.26 Å². The number of nitrogens with zero attached hydrogens (tertiary/aromatic N) is 4. The van der Waals surface area contributed by atoms with Crippen LogP contribution in [0, 0.1) is 24.5 Å². The minimum atomic E-state index is 0.0463. The molecule has 1 rings (SSSR count). The Balaban J connectivity index is 0.000000361. The van der Waals surface area contributed by atoms with E-state index in [0.29, 0.717) is 30.1 Å². The third-order valence-corrected chi connectivity index (χ3v) is 2.51. The largest absolute Gasteiger partial charge is 0.511 e. The lowest BCUT2D eigenvalue weighted by molar-refractivity contribution is 0.278. The number of methoxy groups -OCH3 is 1. The monoisotopic (exact) mass is 271 g/mol. The van der Waals surface area contributed by atoms with Crippen LogP contribution in [0.3, 0.4) is 0 Å². The van der Waals surface area contributed by atoms with Crippen LogP contribution in [0.15, 0.2) is 27.8 Å². The van der Waals surface area contributed by atoms with E-state index < -0.39 is 0 Å². The van der Waals surface area contributed by atoms with E-state index in [1.54, 1.807) is 6.07 Å². The Morgan fingerprint density at radius 2 is 2.15 bits per heavy atom. The molecule has 0 atom stereocenters. The van der Waals surface area contributed by atoms with E-state index in [0.717, 1.165) is 12.1 Å². The molecule has 1 aliphatic rings. The van der Waals surface area contributed by atoms with Gasteiger partial charge in [0.05, 0.1) is 32.9 Å². The van der Waals surface area contributed by atoms with Crippen LogP contribution in [0.2, 0.25) is 0 Å². The van der Waals surface area contributed by atoms with Crippen molar-refractivity contribution >= 4 is 5.71 Å². The van der Waals surface area contributed by atoms with E-state index in [2.05, 4.69) is 14.7 Å². The van der Waals surface area contributed by atoms with Gasteiger partial charge in [-0.05, 0) is 12.8 Å². The molecule has 0 amide bonds. The molecule has 0 unspecified atom stereocenters. The van der Waals surface area contributed by atoms with Gasteiger partial charge in [-0.3, -0.25) is 4.99 Å². The zero-order chi connectivity index (χ0) is 15.5. The normalized spacial score (nSPS) is 13.9. The number of rotatable bonds is 3. The van der Waals surface area contributed by atoms with Gasteiger partial charge in [0.2, 0.25) is 5.70 Å². The Morgan fingerprint density at radius 3 is 2.40 bits per heavy atom. The molecule has 0 aliphatic carbocycles. The number of hydrogen-bond acceptors (Lipinski definition) is 4. The molecule has 1 heterocycles. The predicted molar refractivity (Wildman–Crippen MR) is 76.9 cm³/mol. The van der Waals surface area contributed by atoms with Crippen molar-refractivity contribution in [3.63, 3.8) is 0 Å². The molecule has 6 heteroatoms. The second-order valence-electron chi connectivity index (χ2n) is 3.66. The van der Waals surface area contributed by atoms with Crippen LogP contribution in [-0.2, 0) is 4.74 Å². The Kier molecular flexibility index (Phi) is 7.91. The minimum absolute atomic E-state index is 0.0463. The summed E-state index contributed by atoms with van der Waals surface area (Å²) in [6.45, 7) is 17.7. The van der Waals surface area contributed by atoms with E-state index in [-0.39, 0.29) is 5.70 Å². The van der Waals surface area contributed by atoms with E-state index in [1.165, 1.54) is 7.11 Å². The standard InChI is InChI=1S/C7H9N3.C7H8N2O/c1-3-6-7(9-2)5(8)4-10-6;1-4-7(10-3)6(5-8)9-2/h3-4,8H2,1H3;4H2,1,3H3/b;7-6+. The van der Waals surface area contributed by atoms with Crippen molar-refractivity contribution in [2.75, 3.05) is 13.7 Å². The van der Waals surface area contributed by atoms with Gasteiger partial charge in [-0.2, -0.15) is 0 Å². The van der Waals surface area contributed by atoms with Gasteiger partial charge in [-0.1, -0.05) is 13.8 Å². The second kappa shape index (κ2) is 9.19. The predicted octanol–water partition coefficient (Wildman–Crippen LogP) is 2.64. The smallest absolute Gasteiger partial charge is 0.298 e. The third-order valence-electron chi connectivity index (χ3n) is 2.51. The van der Waals surface area contributed by atoms with Crippen molar-refractivity contribution in [3.05, 3.63) is 45.7 Å². The zero-order valence-corrected chi connectivity index (χ0v) is 11.9. The van der Waals surface area contributed by atoms with Crippen LogP contribution in [0.1, 0.15) is 26.7 Å². The molecule has 104 valence electrons. The Hall–Kier alpha value is -2.78. The summed E-state index contributed by atoms with van der Waals surface area (Å²) < 4.78 is 4.79. The van der Waals surface area contributed by atoms with Crippen molar-refractivity contribution in [2.24, 2.45) is 10.7 Å². The maximum Gasteiger partial charge on any atom is 0.298 e. The Labute approximate surface area is 119 Å². The van der Waals surface area contributed by atoms with Gasteiger partial charge in [-0.15, -0.1) is 0 Å². The van der Waals surface area contributed by atoms with Gasteiger partial charge in [0.15, 0.2) is 0 Å². The number of aliphatic imine (C=N–C) groups is 1. The second-order valence-corrected chi connectivity index (χ2v) is 3.66. The zero-order valence-electron chi connectivity index (χ0n) is 11.9. The van der Waals surface area contributed by atoms with Crippen LogP contribution in [0.4, 0.5) is 0 Å². The summed E-state index contributed by atoms with van der Waals surface area (Å²) in [5.41, 5.74) is 7.60. The first-order valence-electron chi connectivity index (χ1n) is 6.03. The van der Waals surface area contributed by atoms with Crippen LogP contribution in [-0.4, -0.2) is 19.4 Å². The third kappa shape index (κ3) is 4.48. The first-order valence-corrected chi connectivity index (χ1v) is 6.03. The molecule has 2 N–H and O–H groups in total. The molecule has 0 radical (unpaired) electrons. The first-order chi connectivity index (χ1) is 9.59. The summed E-state index contributed by atoms with van der Waals surface area (Å²) in [6, 6.07) is 1.75. The summed E-state index contributed by atoms with van der Waals surface area (Å²) in [5.74, 6) is 0.456. The molecule has 0 saturated heterocycles. The van der Waals surface area contributed by atoms with Crippen LogP contribution in [0.5, 0.6) is 0 Å². The van der Waals surface area contributed by atoms with E-state index in [1.807, 2.05) is 13.8 Å². The molecular formula is C14H17N5O. The van der Waals surface area contributed by atoms with Gasteiger partial charge in [0, 0.05) is 11.4 Å². The van der Waals surface area contributed by atoms with Crippen molar-refractivity contribution in [3.8, 4) is 6.07 Å². The quantitative estimate of drug-likeness (QED) is 0.487. The van der Waals surface area contributed by atoms with Gasteiger partial charge in [0.25, 0.3) is 5.70 Å². The first kappa shape index (κ1) is 17.2. The van der Waals surface area contributed by atoms with Crippen LogP contribution < -0.4 is 5.73 Å². The highest BCUT2D eigenvalue weighted by molar-refractivity contribution is 6.03. The molecule has 1 aliphatic heterocycles. The average Bonchev–Trinajstić information content (AvgIpc) is 2.85. The van der Waals surface area contributed by atoms with Crippen molar-refractivity contribution in [1.82, 2.24) is 0 Å². The highest BCUT2D eigenvalue weighted by Gasteiger charge is 2.14. The molecular weight excluding hydrogens is 254 g/mol. The summed E-state index contributed by atoms with van der Waals surface area (Å²) in [7, 11) is 1.46. The fraction of sp³-hybridized carbons (Fsp3) is 0.429. The summed E-state index contributed by atoms with van der Waals surface area (Å²) in [5, 5.41) is 8.36. The lowest BCUT2D eigenvalue weighted by atomic mass is 10.2. The minimum Gasteiger partial charge on any atom is -0.511 e. The highest BCUT2D eigenvalue weighted by atomic mass is 16.5. The molecule has 0 spiro atoms. The molecule has 0 aromatic rings. The highest BCUT2D eigenvalue weighted by Crippen LogP contribution is 2.14. The molecule has 20 heavy (non-hydrogen) atoms. The van der Waals surface area contributed by atoms with E-state index in [4.69, 9.17) is 28.9 Å². The number of nitrogens with two attached hydrogens (primary N) is 1. The number of hydrogen-bond donors (Lipinski definition) is 1. The lowest BCUT2D eigenvalue weighted by Crippen LogP contribution is -2.01. The molecule has 0 fully saturated rings. The Morgan fingerprint density at radius 1 is 1.50 bits per heavy atom. The number of nitriles is 1. The maximum atomic E-state index is 8.36. The summed E-state index contributed by atoms with van der Waals surface area (Å²) in [6.07, 6.45) is 1.39. The maximum absolute atomic E-state index is 8.36. The average molecular weight is 271 g/mol. The van der Waals surface area contributed by atoms with Crippen LogP contribution >= 0.6 is 0 Å². The van der Waals surface area contributed by atoms with Gasteiger partial charge < -0.3 is 10.5 Å². The van der Waals surface area contributed by atoms with Crippen molar-refractivity contribution in [2.45, 2.75) is 26.7 Å². The van der Waals surface area contributed by atoms with Crippen molar-refractivity contribution < 1.29 is 4.74 Å². The number of allylic oxidation sites excluding steroid dienone is 3. The summed E-state index contributed by atoms with van der Waals surface area (Å²) in [4.78, 5) is 10.4. The fourth-order valence-electron chi connectivity index (χ4n) is 1.49. The molecule has 0 aromatic heterocycles. The molecule has 0 bridgehead atoms. The van der Waals surface area contributed by atoms with E-state index in [9.17, 15) is 0 Å². The van der Waals surface area contributed by atoms with E-state index >= 15 is 0 Å². The molecule has 6 nitrogen and oxygen atoms in total. The topological polar surface area (TPSA) is 80.1 Å². The molecule has 0 saturated carbocycles. The summed E-state index contributed by atoms with van der Waals surface area (Å²) >= 11 is 0. The number of ether oxygens (including phenoxy) is 1. The molecule has 0 aromatic carbocycles. The van der Waals surface area contributed by atoms with Gasteiger partial charge >= 0.3 is 0 Å². The SMILES string of the molecule is [C-]#[N+]/C(C#N)=C(\CC)OC.[C-]#[N+]C1=C(N)CN=C1CC.